The molecule has 30 heavy (non-hydrogen) atoms. The SMILES string of the molecule is CNC(=O)c1cc2c(cn1)/C(=C/c1[nH]c(C)cc1C)C(=O)N2CC1CCC(N)CC1. The molecule has 0 unspecified atom stereocenters. The van der Waals surface area contributed by atoms with Gasteiger partial charge in [0, 0.05) is 42.8 Å². The lowest BCUT2D eigenvalue weighted by Crippen LogP contribution is -2.36. The first kappa shape index (κ1) is 20.3. The topological polar surface area (TPSA) is 104 Å². The normalized spacial score (nSPS) is 22.5. The van der Waals surface area contributed by atoms with E-state index in [-0.39, 0.29) is 17.9 Å². The number of aryl methyl sites for hydroxylation is 2. The Morgan fingerprint density at radius 3 is 2.67 bits per heavy atom. The van der Waals surface area contributed by atoms with E-state index >= 15 is 0 Å². The number of carbonyl (C=O) groups excluding carboxylic acids is 2. The van der Waals surface area contributed by atoms with Crippen molar-refractivity contribution < 1.29 is 9.59 Å². The third-order valence-corrected chi connectivity index (χ3v) is 6.21. The third-order valence-electron chi connectivity index (χ3n) is 6.21. The fourth-order valence-corrected chi connectivity index (χ4v) is 4.49. The highest BCUT2D eigenvalue weighted by molar-refractivity contribution is 6.35. The monoisotopic (exact) mass is 407 g/mol. The quantitative estimate of drug-likeness (QED) is 0.678. The molecule has 0 spiro atoms. The van der Waals surface area contributed by atoms with Crippen LogP contribution < -0.4 is 16.0 Å². The summed E-state index contributed by atoms with van der Waals surface area (Å²) in [5, 5.41) is 2.61. The lowest BCUT2D eigenvalue weighted by atomic mass is 9.86. The summed E-state index contributed by atoms with van der Waals surface area (Å²) in [7, 11) is 1.58. The van der Waals surface area contributed by atoms with Crippen LogP contribution >= 0.6 is 0 Å². The van der Waals surface area contributed by atoms with Crippen molar-refractivity contribution in [1.29, 1.82) is 0 Å². The molecule has 0 aromatic carbocycles. The van der Waals surface area contributed by atoms with Gasteiger partial charge in [-0.15, -0.1) is 0 Å². The second-order valence-electron chi connectivity index (χ2n) is 8.47. The predicted octanol–water partition coefficient (Wildman–Crippen LogP) is 2.79. The number of nitrogens with one attached hydrogen (secondary N) is 2. The Bertz CT molecular complexity index is 1010. The van der Waals surface area contributed by atoms with Crippen molar-refractivity contribution in [3.8, 4) is 0 Å². The highest BCUT2D eigenvalue weighted by Gasteiger charge is 2.35. The highest BCUT2D eigenvalue weighted by Crippen LogP contribution is 2.39. The number of rotatable bonds is 4. The Balaban J connectivity index is 1.73. The first-order valence-electron chi connectivity index (χ1n) is 10.5. The number of pyridine rings is 1. The van der Waals surface area contributed by atoms with E-state index in [1.807, 2.05) is 24.8 Å². The van der Waals surface area contributed by atoms with Gasteiger partial charge in [0.25, 0.3) is 11.8 Å². The fraction of sp³-hybridized carbons (Fsp3) is 0.435. The van der Waals surface area contributed by atoms with Crippen LogP contribution in [-0.2, 0) is 4.79 Å². The zero-order valence-corrected chi connectivity index (χ0v) is 17.8. The summed E-state index contributed by atoms with van der Waals surface area (Å²) in [5.74, 6) is 0.108. The number of H-pyrrole nitrogens is 1. The minimum Gasteiger partial charge on any atom is -0.359 e. The molecule has 2 amide bonds. The second kappa shape index (κ2) is 8.07. The van der Waals surface area contributed by atoms with Crippen LogP contribution in [0, 0.1) is 19.8 Å². The summed E-state index contributed by atoms with van der Waals surface area (Å²) in [6.07, 6.45) is 7.56. The molecule has 4 rings (SSSR count). The molecule has 7 heteroatoms. The zero-order chi connectivity index (χ0) is 21.4. The molecule has 0 atom stereocenters. The minimum atomic E-state index is -0.262. The summed E-state index contributed by atoms with van der Waals surface area (Å²) in [6, 6.07) is 4.05. The number of nitrogens with two attached hydrogens (primary N) is 1. The highest BCUT2D eigenvalue weighted by atomic mass is 16.2. The van der Waals surface area contributed by atoms with Crippen LogP contribution in [0.15, 0.2) is 18.3 Å². The van der Waals surface area contributed by atoms with Gasteiger partial charge in [0.15, 0.2) is 0 Å². The minimum absolute atomic E-state index is 0.0395. The number of nitrogens with zero attached hydrogens (tertiary/aromatic N) is 2. The molecule has 2 aliphatic rings. The average molecular weight is 408 g/mol. The van der Waals surface area contributed by atoms with E-state index in [2.05, 4.69) is 21.4 Å². The van der Waals surface area contributed by atoms with E-state index in [0.717, 1.165) is 53.9 Å². The summed E-state index contributed by atoms with van der Waals surface area (Å²) in [5.41, 5.74) is 11.6. The lowest BCUT2D eigenvalue weighted by Gasteiger charge is -2.29. The number of aromatic nitrogens is 2. The van der Waals surface area contributed by atoms with Gasteiger partial charge in [-0.3, -0.25) is 14.6 Å². The van der Waals surface area contributed by atoms with E-state index in [9.17, 15) is 9.59 Å². The Labute approximate surface area is 176 Å². The first-order valence-corrected chi connectivity index (χ1v) is 10.5. The third kappa shape index (κ3) is 3.77. The number of fused-ring (bicyclic) bond motifs is 1. The van der Waals surface area contributed by atoms with Gasteiger partial charge in [-0.2, -0.15) is 0 Å². The first-order chi connectivity index (χ1) is 14.4. The van der Waals surface area contributed by atoms with Crippen molar-refractivity contribution in [2.45, 2.75) is 45.6 Å². The Kier molecular flexibility index (Phi) is 5.47. The number of carbonyl (C=O) groups is 2. The largest absolute Gasteiger partial charge is 0.359 e. The number of aromatic amines is 1. The summed E-state index contributed by atoms with van der Waals surface area (Å²) in [6.45, 7) is 4.65. The summed E-state index contributed by atoms with van der Waals surface area (Å²) in [4.78, 5) is 35.0. The molecule has 2 aromatic rings. The van der Waals surface area contributed by atoms with Crippen molar-refractivity contribution in [3.63, 3.8) is 0 Å². The van der Waals surface area contributed by atoms with Gasteiger partial charge >= 0.3 is 0 Å². The van der Waals surface area contributed by atoms with Gasteiger partial charge in [0.1, 0.15) is 5.69 Å². The van der Waals surface area contributed by atoms with Crippen LogP contribution in [0.5, 0.6) is 0 Å². The molecule has 1 fully saturated rings. The van der Waals surface area contributed by atoms with Crippen LogP contribution in [-0.4, -0.2) is 41.4 Å². The van der Waals surface area contributed by atoms with Crippen molar-refractivity contribution >= 4 is 29.2 Å². The fourth-order valence-electron chi connectivity index (χ4n) is 4.49. The predicted molar refractivity (Wildman–Crippen MR) is 118 cm³/mol. The molecule has 1 saturated carbocycles. The number of anilines is 1. The summed E-state index contributed by atoms with van der Waals surface area (Å²) >= 11 is 0. The van der Waals surface area contributed by atoms with Gasteiger partial charge in [-0.1, -0.05) is 0 Å². The maximum absolute atomic E-state index is 13.5. The van der Waals surface area contributed by atoms with Crippen molar-refractivity contribution in [1.82, 2.24) is 15.3 Å². The number of hydrogen-bond acceptors (Lipinski definition) is 4. The Morgan fingerprint density at radius 1 is 1.30 bits per heavy atom. The molecule has 0 bridgehead atoms. The van der Waals surface area contributed by atoms with E-state index in [1.54, 1.807) is 19.3 Å². The molecule has 158 valence electrons. The Morgan fingerprint density at radius 2 is 2.03 bits per heavy atom. The van der Waals surface area contributed by atoms with Crippen LogP contribution in [0.2, 0.25) is 0 Å². The zero-order valence-electron chi connectivity index (χ0n) is 17.8. The molecule has 4 N–H and O–H groups in total. The standard InChI is InChI=1S/C23H29N5O2/c1-13-8-14(2)27-19(13)9-17-18-11-26-20(22(29)25-3)10-21(18)28(23(17)30)12-15-4-6-16(24)7-5-15/h8-11,15-16,27H,4-7,12,24H2,1-3H3,(H,25,29)/b17-9-. The van der Waals surface area contributed by atoms with Crippen LogP contribution in [0.3, 0.4) is 0 Å². The number of amides is 2. The smallest absolute Gasteiger partial charge is 0.269 e. The lowest BCUT2D eigenvalue weighted by molar-refractivity contribution is -0.113. The van der Waals surface area contributed by atoms with E-state index in [4.69, 9.17) is 5.73 Å². The Hall–Kier alpha value is -2.93. The molecule has 2 aromatic heterocycles. The second-order valence-corrected chi connectivity index (χ2v) is 8.47. The van der Waals surface area contributed by atoms with Crippen LogP contribution in [0.1, 0.15) is 58.7 Å². The molecule has 7 nitrogen and oxygen atoms in total. The van der Waals surface area contributed by atoms with E-state index in [1.165, 1.54) is 0 Å². The average Bonchev–Trinajstić information content (AvgIpc) is 3.19. The molecule has 0 radical (unpaired) electrons. The molecular formula is C23H29N5O2. The molecule has 1 aliphatic heterocycles. The van der Waals surface area contributed by atoms with E-state index in [0.29, 0.717) is 23.7 Å². The molecular weight excluding hydrogens is 378 g/mol. The maximum Gasteiger partial charge on any atom is 0.269 e. The van der Waals surface area contributed by atoms with Crippen LogP contribution in [0.25, 0.3) is 11.6 Å². The van der Waals surface area contributed by atoms with Gasteiger partial charge in [-0.05, 0) is 69.2 Å². The van der Waals surface area contributed by atoms with Gasteiger partial charge in [0.2, 0.25) is 0 Å². The number of hydrogen-bond donors (Lipinski definition) is 3. The van der Waals surface area contributed by atoms with E-state index < -0.39 is 0 Å². The van der Waals surface area contributed by atoms with Crippen molar-refractivity contribution in [2.24, 2.45) is 11.7 Å². The summed E-state index contributed by atoms with van der Waals surface area (Å²) < 4.78 is 0. The maximum atomic E-state index is 13.5. The van der Waals surface area contributed by atoms with Gasteiger partial charge in [-0.25, -0.2) is 0 Å². The van der Waals surface area contributed by atoms with Gasteiger partial charge < -0.3 is 20.9 Å². The molecule has 1 aliphatic carbocycles. The van der Waals surface area contributed by atoms with Gasteiger partial charge in [0.05, 0.1) is 11.3 Å². The molecule has 0 saturated heterocycles. The van der Waals surface area contributed by atoms with Crippen LogP contribution in [0.4, 0.5) is 5.69 Å². The van der Waals surface area contributed by atoms with Crippen molar-refractivity contribution in [3.05, 3.63) is 46.5 Å². The molecule has 3 heterocycles. The van der Waals surface area contributed by atoms with Crippen molar-refractivity contribution in [2.75, 3.05) is 18.5 Å².